The molecule has 0 aromatic heterocycles. The lowest BCUT2D eigenvalue weighted by Crippen LogP contribution is -2.26. The third-order valence-corrected chi connectivity index (χ3v) is 4.04. The highest BCUT2D eigenvalue weighted by atomic mass is 35.5. The maximum atomic E-state index is 12.9. The minimum absolute atomic E-state index is 0.158. The van der Waals surface area contributed by atoms with Gasteiger partial charge in [-0.2, -0.15) is 0 Å². The van der Waals surface area contributed by atoms with E-state index in [1.807, 2.05) is 0 Å². The van der Waals surface area contributed by atoms with E-state index in [0.29, 0.717) is 11.3 Å². The highest BCUT2D eigenvalue weighted by molar-refractivity contribution is 6.36. The van der Waals surface area contributed by atoms with Crippen molar-refractivity contribution in [2.24, 2.45) is 0 Å². The number of carboxylic acid groups (broad SMARTS) is 1. The third kappa shape index (κ3) is 4.94. The Bertz CT molecular complexity index is 730. The van der Waals surface area contributed by atoms with E-state index in [1.54, 1.807) is 18.2 Å². The van der Waals surface area contributed by atoms with E-state index in [2.05, 4.69) is 5.32 Å². The molecule has 0 heterocycles. The second-order valence-corrected chi connectivity index (χ2v) is 5.98. The van der Waals surface area contributed by atoms with Gasteiger partial charge in [0.2, 0.25) is 5.91 Å². The van der Waals surface area contributed by atoms with Gasteiger partial charge in [0, 0.05) is 34.0 Å². The molecule has 2 aromatic carbocycles. The molecular weight excluding hydrogens is 356 g/mol. The number of amides is 1. The van der Waals surface area contributed by atoms with Gasteiger partial charge in [-0.15, -0.1) is 0 Å². The molecule has 0 radical (unpaired) electrons. The predicted molar refractivity (Wildman–Crippen MR) is 88.5 cm³/mol. The summed E-state index contributed by atoms with van der Waals surface area (Å²) in [6.45, 7) is 0. The standard InChI is InChI=1S/C17H14Cl2FNO3/c18-13-2-1-3-14(19)17(13)10(9-16(23)24)8-15(22)21-12-6-4-11(20)5-7-12/h1-7,10H,8-9H2,(H,21,22)(H,23,24)/p-1/t10-/m1/s1. The minimum Gasteiger partial charge on any atom is -0.550 e. The molecule has 4 nitrogen and oxygen atoms in total. The van der Waals surface area contributed by atoms with Crippen LogP contribution in [0.3, 0.4) is 0 Å². The molecule has 0 saturated heterocycles. The van der Waals surface area contributed by atoms with Crippen molar-refractivity contribution in [2.45, 2.75) is 18.8 Å². The van der Waals surface area contributed by atoms with E-state index in [4.69, 9.17) is 23.2 Å². The number of rotatable bonds is 6. The van der Waals surface area contributed by atoms with E-state index in [9.17, 15) is 19.1 Å². The summed E-state index contributed by atoms with van der Waals surface area (Å²) in [6, 6.07) is 10.0. The van der Waals surface area contributed by atoms with E-state index in [1.165, 1.54) is 24.3 Å². The molecule has 7 heteroatoms. The molecule has 0 aliphatic rings. The molecule has 0 unspecified atom stereocenters. The fraction of sp³-hybridized carbons (Fsp3) is 0.176. The van der Waals surface area contributed by atoms with Gasteiger partial charge in [0.05, 0.1) is 0 Å². The van der Waals surface area contributed by atoms with Crippen LogP contribution in [0, 0.1) is 5.82 Å². The zero-order chi connectivity index (χ0) is 17.7. The lowest BCUT2D eigenvalue weighted by molar-refractivity contribution is -0.306. The molecule has 1 amide bonds. The number of halogens is 3. The Kier molecular flexibility index (Phi) is 6.17. The summed E-state index contributed by atoms with van der Waals surface area (Å²) in [4.78, 5) is 23.2. The average Bonchev–Trinajstić information content (AvgIpc) is 2.48. The smallest absolute Gasteiger partial charge is 0.224 e. The van der Waals surface area contributed by atoms with E-state index in [0.717, 1.165) is 0 Å². The normalized spacial score (nSPS) is 11.8. The number of aliphatic carboxylic acids is 1. The van der Waals surface area contributed by atoms with Gasteiger partial charge in [0.1, 0.15) is 5.82 Å². The first-order chi connectivity index (χ1) is 11.4. The van der Waals surface area contributed by atoms with Crippen LogP contribution in [0.15, 0.2) is 42.5 Å². The molecule has 0 aliphatic heterocycles. The Morgan fingerprint density at radius 2 is 1.62 bits per heavy atom. The van der Waals surface area contributed by atoms with Gasteiger partial charge < -0.3 is 15.2 Å². The lowest BCUT2D eigenvalue weighted by atomic mass is 9.92. The van der Waals surface area contributed by atoms with Gasteiger partial charge in [-0.3, -0.25) is 4.79 Å². The molecule has 126 valence electrons. The number of nitrogens with one attached hydrogen (secondary N) is 1. The summed E-state index contributed by atoms with van der Waals surface area (Å²) in [6.07, 6.45) is -0.560. The molecule has 1 N–H and O–H groups in total. The molecule has 0 spiro atoms. The van der Waals surface area contributed by atoms with Crippen LogP contribution in [-0.2, 0) is 9.59 Å². The first-order valence-electron chi connectivity index (χ1n) is 7.06. The first kappa shape index (κ1) is 18.2. The zero-order valence-electron chi connectivity index (χ0n) is 12.4. The summed E-state index contributed by atoms with van der Waals surface area (Å²) in [7, 11) is 0. The Hall–Kier alpha value is -2.11. The summed E-state index contributed by atoms with van der Waals surface area (Å²) < 4.78 is 12.9. The number of anilines is 1. The van der Waals surface area contributed by atoms with Crippen molar-refractivity contribution in [3.05, 3.63) is 63.9 Å². The van der Waals surface area contributed by atoms with E-state index in [-0.39, 0.29) is 16.5 Å². The maximum Gasteiger partial charge on any atom is 0.224 e. The van der Waals surface area contributed by atoms with Crippen molar-refractivity contribution < 1.29 is 19.1 Å². The van der Waals surface area contributed by atoms with E-state index >= 15 is 0 Å². The van der Waals surface area contributed by atoms with Gasteiger partial charge in [0.25, 0.3) is 0 Å². The van der Waals surface area contributed by atoms with Crippen LogP contribution in [0.1, 0.15) is 24.3 Å². The fourth-order valence-electron chi connectivity index (χ4n) is 2.35. The third-order valence-electron chi connectivity index (χ3n) is 3.38. The Morgan fingerprint density at radius 3 is 2.17 bits per heavy atom. The van der Waals surface area contributed by atoms with Crippen molar-refractivity contribution in [1.29, 1.82) is 0 Å². The minimum atomic E-state index is -1.31. The van der Waals surface area contributed by atoms with Gasteiger partial charge in [-0.1, -0.05) is 29.3 Å². The highest BCUT2D eigenvalue weighted by Gasteiger charge is 2.21. The lowest BCUT2D eigenvalue weighted by Gasteiger charge is -2.20. The Morgan fingerprint density at radius 1 is 1.04 bits per heavy atom. The molecule has 0 saturated carbocycles. The molecule has 2 aromatic rings. The van der Waals surface area contributed by atoms with Crippen molar-refractivity contribution in [1.82, 2.24) is 0 Å². The topological polar surface area (TPSA) is 69.2 Å². The molecule has 2 rings (SSSR count). The number of carbonyl (C=O) groups excluding carboxylic acids is 2. The van der Waals surface area contributed by atoms with Crippen LogP contribution < -0.4 is 10.4 Å². The van der Waals surface area contributed by atoms with Crippen molar-refractivity contribution >= 4 is 40.8 Å². The van der Waals surface area contributed by atoms with Crippen LogP contribution >= 0.6 is 23.2 Å². The first-order valence-corrected chi connectivity index (χ1v) is 7.81. The summed E-state index contributed by atoms with van der Waals surface area (Å²) in [5, 5.41) is 14.2. The van der Waals surface area contributed by atoms with Gasteiger partial charge in [-0.05, 0) is 48.4 Å². The largest absolute Gasteiger partial charge is 0.550 e. The summed E-state index contributed by atoms with van der Waals surface area (Å²) in [5.41, 5.74) is 0.790. The van der Waals surface area contributed by atoms with Crippen LogP contribution in [0.5, 0.6) is 0 Å². The quantitative estimate of drug-likeness (QED) is 0.849. The van der Waals surface area contributed by atoms with E-state index < -0.39 is 30.0 Å². The molecule has 1 atom stereocenters. The van der Waals surface area contributed by atoms with Crippen LogP contribution in [-0.4, -0.2) is 11.9 Å². The van der Waals surface area contributed by atoms with Crippen LogP contribution in [0.2, 0.25) is 10.0 Å². The van der Waals surface area contributed by atoms with Crippen molar-refractivity contribution in [3.8, 4) is 0 Å². The summed E-state index contributed by atoms with van der Waals surface area (Å²) >= 11 is 12.2. The van der Waals surface area contributed by atoms with Gasteiger partial charge in [0.15, 0.2) is 0 Å². The van der Waals surface area contributed by atoms with Crippen LogP contribution in [0.4, 0.5) is 10.1 Å². The summed E-state index contributed by atoms with van der Waals surface area (Å²) in [5.74, 6) is -2.92. The zero-order valence-corrected chi connectivity index (χ0v) is 13.9. The number of benzene rings is 2. The fourth-order valence-corrected chi connectivity index (χ4v) is 3.05. The second-order valence-electron chi connectivity index (χ2n) is 5.17. The molecule has 0 bridgehead atoms. The van der Waals surface area contributed by atoms with Gasteiger partial charge >= 0.3 is 0 Å². The average molecular weight is 369 g/mol. The SMILES string of the molecule is O=C([O-])C[C@@H](CC(=O)Nc1ccc(F)cc1)c1c(Cl)cccc1Cl. The molecule has 24 heavy (non-hydrogen) atoms. The Balaban J connectivity index is 2.18. The number of carboxylic acids is 1. The van der Waals surface area contributed by atoms with Crippen LogP contribution in [0.25, 0.3) is 0 Å². The number of carbonyl (C=O) groups is 2. The number of hydrogen-bond acceptors (Lipinski definition) is 3. The molecular formula is C17H13Cl2FNO3-. The maximum absolute atomic E-state index is 12.9. The second kappa shape index (κ2) is 8.13. The number of hydrogen-bond donors (Lipinski definition) is 1. The highest BCUT2D eigenvalue weighted by Crippen LogP contribution is 2.35. The molecule has 0 fully saturated rings. The Labute approximate surface area is 148 Å². The van der Waals surface area contributed by atoms with Crippen molar-refractivity contribution in [3.63, 3.8) is 0 Å². The van der Waals surface area contributed by atoms with Gasteiger partial charge in [-0.25, -0.2) is 4.39 Å². The molecule has 0 aliphatic carbocycles. The monoisotopic (exact) mass is 368 g/mol. The predicted octanol–water partition coefficient (Wildman–Crippen LogP) is 3.38. The van der Waals surface area contributed by atoms with Crippen molar-refractivity contribution in [2.75, 3.05) is 5.32 Å².